The lowest BCUT2D eigenvalue weighted by Crippen LogP contribution is -2.27. The highest BCUT2D eigenvalue weighted by Gasteiger charge is 2.16. The number of nitrogens with two attached hydrogens (primary N) is 1. The van der Waals surface area contributed by atoms with Gasteiger partial charge in [0.05, 0.1) is 23.6 Å². The van der Waals surface area contributed by atoms with Crippen molar-refractivity contribution in [1.82, 2.24) is 14.9 Å². The number of amides is 1. The van der Waals surface area contributed by atoms with E-state index in [9.17, 15) is 9.59 Å². The second kappa shape index (κ2) is 15.8. The normalized spacial score (nSPS) is 10.5. The number of halogens is 2. The molecular formula is C31H37Cl2N5O3. The van der Waals surface area contributed by atoms with Crippen LogP contribution in [0.15, 0.2) is 72.8 Å². The molecule has 10 heteroatoms. The molecule has 41 heavy (non-hydrogen) atoms. The molecule has 1 amide bonds. The molecule has 0 radical (unpaired) electrons. The van der Waals surface area contributed by atoms with E-state index in [1.807, 2.05) is 36.4 Å². The average Bonchev–Trinajstić information content (AvgIpc) is 3.29. The van der Waals surface area contributed by atoms with Crippen LogP contribution in [0.3, 0.4) is 0 Å². The molecule has 0 fully saturated rings. The second-order valence-corrected chi connectivity index (χ2v) is 9.77. The van der Waals surface area contributed by atoms with Gasteiger partial charge in [-0.3, -0.25) is 15.0 Å². The van der Waals surface area contributed by atoms with Crippen molar-refractivity contribution < 1.29 is 14.3 Å². The van der Waals surface area contributed by atoms with Crippen LogP contribution >= 0.6 is 24.8 Å². The van der Waals surface area contributed by atoms with Crippen LogP contribution in [0.1, 0.15) is 54.6 Å². The molecule has 0 aliphatic heterocycles. The first-order valence-electron chi connectivity index (χ1n) is 13.3. The summed E-state index contributed by atoms with van der Waals surface area (Å²) in [6, 6.07) is 23.4. The Morgan fingerprint density at radius 3 is 2.32 bits per heavy atom. The standard InChI is InChI=1S/C31H35N5O3.2ClH/c1-21(2)39-28(37)17-18-34-31(38)25-15-16-27-26(20-25)35-30(24-13-11-23(12-14-24)29(32)33)36(27)19-7-6-10-22-8-4-3-5-9-22;;/h3-5,8-9,11-16,20-21H,6-7,10,17-19H2,1-2H3,(H3,32,33)(H,34,38);2*1H. The number of carbonyl (C=O) groups excluding carboxylic acids is 2. The Hall–Kier alpha value is -3.88. The molecular weight excluding hydrogens is 561 g/mol. The molecule has 1 heterocycles. The molecule has 0 saturated carbocycles. The number of ether oxygens (including phenoxy) is 1. The summed E-state index contributed by atoms with van der Waals surface area (Å²) in [5, 5.41) is 10.5. The van der Waals surface area contributed by atoms with Crippen molar-refractivity contribution in [3.05, 3.63) is 89.5 Å². The first-order valence-corrected chi connectivity index (χ1v) is 13.3. The van der Waals surface area contributed by atoms with Crippen LogP contribution in [-0.2, 0) is 22.5 Å². The van der Waals surface area contributed by atoms with Crippen LogP contribution in [0.25, 0.3) is 22.4 Å². The van der Waals surface area contributed by atoms with E-state index in [4.69, 9.17) is 20.9 Å². The SMILES string of the molecule is CC(C)OC(=O)CCNC(=O)c1ccc2c(c1)nc(-c1ccc(C(=N)N)cc1)n2CCCCc1ccccc1.Cl.Cl. The molecule has 4 aromatic rings. The van der Waals surface area contributed by atoms with Gasteiger partial charge in [-0.1, -0.05) is 54.6 Å². The van der Waals surface area contributed by atoms with E-state index in [0.717, 1.165) is 48.2 Å². The number of aryl methyl sites for hydroxylation is 2. The lowest BCUT2D eigenvalue weighted by Gasteiger charge is -2.11. The quantitative estimate of drug-likeness (QED) is 0.0808. The van der Waals surface area contributed by atoms with Crippen LogP contribution in [0.4, 0.5) is 0 Å². The van der Waals surface area contributed by atoms with Crippen molar-refractivity contribution >= 4 is 53.6 Å². The molecule has 0 aliphatic rings. The maximum atomic E-state index is 12.8. The molecule has 8 nitrogen and oxygen atoms in total. The smallest absolute Gasteiger partial charge is 0.307 e. The molecule has 0 bridgehead atoms. The van der Waals surface area contributed by atoms with Crippen LogP contribution in [-0.4, -0.2) is 39.9 Å². The van der Waals surface area contributed by atoms with Crippen molar-refractivity contribution in [3.63, 3.8) is 0 Å². The summed E-state index contributed by atoms with van der Waals surface area (Å²) in [5.74, 6) is 0.212. The lowest BCUT2D eigenvalue weighted by molar-refractivity contribution is -0.147. The van der Waals surface area contributed by atoms with Gasteiger partial charge in [-0.25, -0.2) is 4.98 Å². The van der Waals surface area contributed by atoms with E-state index in [1.165, 1.54) is 5.56 Å². The average molecular weight is 599 g/mol. The highest BCUT2D eigenvalue weighted by atomic mass is 35.5. The number of carbonyl (C=O) groups is 2. The Morgan fingerprint density at radius 2 is 1.66 bits per heavy atom. The third-order valence-corrected chi connectivity index (χ3v) is 6.39. The number of hydrogen-bond acceptors (Lipinski definition) is 5. The van der Waals surface area contributed by atoms with Crippen molar-refractivity contribution in [2.45, 2.75) is 52.2 Å². The molecule has 218 valence electrons. The number of amidine groups is 1. The number of imidazole rings is 1. The number of nitrogens with zero attached hydrogens (tertiary/aromatic N) is 2. The van der Waals surface area contributed by atoms with E-state index in [1.54, 1.807) is 26.0 Å². The number of fused-ring (bicyclic) bond motifs is 1. The lowest BCUT2D eigenvalue weighted by atomic mass is 10.1. The first kappa shape index (κ1) is 33.3. The minimum atomic E-state index is -0.341. The highest BCUT2D eigenvalue weighted by Crippen LogP contribution is 2.27. The van der Waals surface area contributed by atoms with Crippen molar-refractivity contribution in [1.29, 1.82) is 5.41 Å². The van der Waals surface area contributed by atoms with E-state index < -0.39 is 0 Å². The van der Waals surface area contributed by atoms with Gasteiger partial charge in [-0.2, -0.15) is 0 Å². The number of rotatable bonds is 12. The maximum Gasteiger partial charge on any atom is 0.307 e. The molecule has 4 rings (SSSR count). The second-order valence-electron chi connectivity index (χ2n) is 9.77. The number of aromatic nitrogens is 2. The summed E-state index contributed by atoms with van der Waals surface area (Å²) in [6.07, 6.45) is 2.94. The maximum absolute atomic E-state index is 12.8. The van der Waals surface area contributed by atoms with Gasteiger partial charge >= 0.3 is 5.97 Å². The van der Waals surface area contributed by atoms with Gasteiger partial charge in [-0.05, 0) is 56.9 Å². The molecule has 0 atom stereocenters. The third-order valence-electron chi connectivity index (χ3n) is 6.39. The van der Waals surface area contributed by atoms with Crippen LogP contribution in [0.5, 0.6) is 0 Å². The van der Waals surface area contributed by atoms with E-state index in [-0.39, 0.29) is 61.6 Å². The Bertz CT molecular complexity index is 1450. The number of benzene rings is 3. The monoisotopic (exact) mass is 597 g/mol. The summed E-state index contributed by atoms with van der Waals surface area (Å²) in [5.41, 5.74) is 10.7. The summed E-state index contributed by atoms with van der Waals surface area (Å²) in [7, 11) is 0. The molecule has 0 aliphatic carbocycles. The fraction of sp³-hybridized carbons (Fsp3) is 0.290. The van der Waals surface area contributed by atoms with E-state index in [2.05, 4.69) is 34.1 Å². The summed E-state index contributed by atoms with van der Waals surface area (Å²) in [4.78, 5) is 29.4. The number of esters is 1. The van der Waals surface area contributed by atoms with Gasteiger partial charge in [0.1, 0.15) is 11.7 Å². The van der Waals surface area contributed by atoms with Crippen LogP contribution in [0, 0.1) is 5.41 Å². The third kappa shape index (κ3) is 9.06. The Labute approximate surface area is 253 Å². The van der Waals surface area contributed by atoms with Gasteiger partial charge in [0.2, 0.25) is 0 Å². The zero-order chi connectivity index (χ0) is 27.8. The van der Waals surface area contributed by atoms with E-state index >= 15 is 0 Å². The molecule has 0 saturated heterocycles. The van der Waals surface area contributed by atoms with Crippen molar-refractivity contribution in [2.24, 2.45) is 5.73 Å². The predicted molar refractivity (Wildman–Crippen MR) is 168 cm³/mol. The summed E-state index contributed by atoms with van der Waals surface area (Å²) in [6.45, 7) is 4.56. The summed E-state index contributed by atoms with van der Waals surface area (Å²) < 4.78 is 7.30. The number of nitrogen functional groups attached to an aromatic ring is 1. The number of hydrogen-bond donors (Lipinski definition) is 3. The number of nitrogens with one attached hydrogen (secondary N) is 2. The topological polar surface area (TPSA) is 123 Å². The molecule has 0 spiro atoms. The van der Waals surface area contributed by atoms with Crippen LogP contribution < -0.4 is 11.1 Å². The number of unbranched alkanes of at least 4 members (excludes halogenated alkanes) is 1. The van der Waals surface area contributed by atoms with E-state index in [0.29, 0.717) is 11.1 Å². The minimum absolute atomic E-state index is 0. The fourth-order valence-electron chi connectivity index (χ4n) is 4.46. The van der Waals surface area contributed by atoms with Gasteiger partial charge in [0, 0.05) is 29.8 Å². The Morgan fingerprint density at radius 1 is 0.976 bits per heavy atom. The van der Waals surface area contributed by atoms with Gasteiger partial charge in [0.25, 0.3) is 5.91 Å². The van der Waals surface area contributed by atoms with Gasteiger partial charge < -0.3 is 20.4 Å². The van der Waals surface area contributed by atoms with Crippen molar-refractivity contribution in [2.75, 3.05) is 6.54 Å². The Balaban J connectivity index is 0.00000294. The minimum Gasteiger partial charge on any atom is -0.463 e. The molecule has 1 aromatic heterocycles. The molecule has 3 aromatic carbocycles. The van der Waals surface area contributed by atoms with Gasteiger partial charge in [0.15, 0.2) is 0 Å². The molecule has 4 N–H and O–H groups in total. The first-order chi connectivity index (χ1) is 18.8. The molecule has 0 unspecified atom stereocenters. The van der Waals surface area contributed by atoms with Crippen LogP contribution in [0.2, 0.25) is 0 Å². The largest absolute Gasteiger partial charge is 0.463 e. The Kier molecular flexibility index (Phi) is 12.8. The fourth-order valence-corrected chi connectivity index (χ4v) is 4.46. The van der Waals surface area contributed by atoms with Gasteiger partial charge in [-0.15, -0.1) is 24.8 Å². The predicted octanol–water partition coefficient (Wildman–Crippen LogP) is 5.93. The zero-order valence-electron chi connectivity index (χ0n) is 23.3. The van der Waals surface area contributed by atoms with Crippen molar-refractivity contribution in [3.8, 4) is 11.4 Å². The zero-order valence-corrected chi connectivity index (χ0v) is 24.9. The summed E-state index contributed by atoms with van der Waals surface area (Å²) >= 11 is 0. The highest BCUT2D eigenvalue weighted by molar-refractivity contribution is 5.98.